The summed E-state index contributed by atoms with van der Waals surface area (Å²) in [6.45, 7) is 3.81. The molecule has 0 aliphatic carbocycles. The Bertz CT molecular complexity index is 454. The average Bonchev–Trinajstić information content (AvgIpc) is 2.26. The Balaban J connectivity index is 2.09. The number of benzene rings is 1. The third-order valence-corrected chi connectivity index (χ3v) is 5.03. The van der Waals surface area contributed by atoms with E-state index in [4.69, 9.17) is 9.05 Å². The molecule has 105 valence electrons. The zero-order valence-corrected chi connectivity index (χ0v) is 11.7. The van der Waals surface area contributed by atoms with Gasteiger partial charge in [-0.1, -0.05) is 12.1 Å². The maximum absolute atomic E-state index is 10.6. The van der Waals surface area contributed by atoms with Crippen LogP contribution in [0, 0.1) is 10.1 Å². The monoisotopic (exact) mass is 286 g/mol. The molecule has 2 rings (SSSR count). The van der Waals surface area contributed by atoms with Gasteiger partial charge in [0.05, 0.1) is 23.3 Å². The Labute approximate surface area is 112 Å². The van der Waals surface area contributed by atoms with Gasteiger partial charge in [0, 0.05) is 18.6 Å². The fourth-order valence-electron chi connectivity index (χ4n) is 2.17. The van der Waals surface area contributed by atoms with Crippen molar-refractivity contribution in [2.45, 2.75) is 38.6 Å². The number of hydrogen-bond acceptors (Lipinski definition) is 5. The first-order valence-electron chi connectivity index (χ1n) is 6.09. The molecule has 0 saturated carbocycles. The van der Waals surface area contributed by atoms with E-state index in [9.17, 15) is 15.0 Å². The first-order valence-corrected chi connectivity index (χ1v) is 7.85. The van der Waals surface area contributed by atoms with Crippen LogP contribution in [-0.2, 0) is 15.2 Å². The highest BCUT2D eigenvalue weighted by Crippen LogP contribution is 2.64. The number of non-ortho nitro benzene ring substituents is 1. The lowest BCUT2D eigenvalue weighted by Crippen LogP contribution is -2.27. The van der Waals surface area contributed by atoms with Crippen LogP contribution in [0.5, 0.6) is 0 Å². The molecule has 0 spiro atoms. The first-order chi connectivity index (χ1) is 8.88. The van der Waals surface area contributed by atoms with Gasteiger partial charge in [-0.3, -0.25) is 10.1 Å². The van der Waals surface area contributed by atoms with Crippen LogP contribution in [0.4, 0.5) is 5.69 Å². The van der Waals surface area contributed by atoms with E-state index >= 15 is 0 Å². The molecule has 0 bridgehead atoms. The third kappa shape index (κ3) is 3.70. The van der Waals surface area contributed by atoms with Crippen LogP contribution in [0.3, 0.4) is 0 Å². The van der Waals surface area contributed by atoms with Gasteiger partial charge in [-0.2, -0.15) is 0 Å². The number of nitrogens with zero attached hydrogens (tertiary/aromatic N) is 1. The first kappa shape index (κ1) is 14.3. The van der Waals surface area contributed by atoms with Gasteiger partial charge in [0.1, 0.15) is 0 Å². The summed E-state index contributed by atoms with van der Waals surface area (Å²) in [7, 11) is -2.91. The van der Waals surface area contributed by atoms with Gasteiger partial charge >= 0.3 is 0 Å². The van der Waals surface area contributed by atoms with Crippen LogP contribution < -0.4 is 0 Å². The molecular formula is C12H17NO5P. The highest BCUT2D eigenvalue weighted by molar-refractivity contribution is 7.59. The van der Waals surface area contributed by atoms with Gasteiger partial charge in [0.15, 0.2) is 0 Å². The van der Waals surface area contributed by atoms with E-state index in [1.807, 2.05) is 13.8 Å². The molecule has 1 aromatic rings. The van der Waals surface area contributed by atoms with Crippen LogP contribution in [-0.4, -0.2) is 22.0 Å². The molecule has 19 heavy (non-hydrogen) atoms. The van der Waals surface area contributed by atoms with E-state index in [1.54, 1.807) is 12.1 Å². The summed E-state index contributed by atoms with van der Waals surface area (Å²) in [5, 5.41) is 10.6. The Kier molecular flexibility index (Phi) is 4.16. The van der Waals surface area contributed by atoms with E-state index in [0.29, 0.717) is 0 Å². The van der Waals surface area contributed by atoms with Crippen LogP contribution in [0.25, 0.3) is 0 Å². The van der Waals surface area contributed by atoms with Crippen molar-refractivity contribution in [3.63, 3.8) is 0 Å². The van der Waals surface area contributed by atoms with E-state index in [2.05, 4.69) is 0 Å². The second-order valence-electron chi connectivity index (χ2n) is 4.79. The normalized spacial score (nSPS) is 31.1. The van der Waals surface area contributed by atoms with Gasteiger partial charge in [-0.25, -0.2) is 0 Å². The highest BCUT2D eigenvalue weighted by Gasteiger charge is 2.37. The summed E-state index contributed by atoms with van der Waals surface area (Å²) < 4.78 is 11.1. The number of rotatable bonds is 3. The average molecular weight is 286 g/mol. The third-order valence-electron chi connectivity index (χ3n) is 2.88. The summed E-state index contributed by atoms with van der Waals surface area (Å²) in [5.41, 5.74) is 0.795. The van der Waals surface area contributed by atoms with Crippen molar-refractivity contribution in [2.24, 2.45) is 0 Å². The van der Waals surface area contributed by atoms with Crippen molar-refractivity contribution in [1.29, 1.82) is 0 Å². The molecule has 0 aromatic heterocycles. The fraction of sp³-hybridized carbons (Fsp3) is 0.500. The van der Waals surface area contributed by atoms with Gasteiger partial charge in [0.2, 0.25) is 7.94 Å². The molecule has 2 atom stereocenters. The molecule has 1 radical (unpaired) electrons. The fourth-order valence-corrected chi connectivity index (χ4v) is 4.34. The standard InChI is InChI=1S/C12H17NO5P/c1-9-7-10(2)18-19(16,17-9)8-11-3-5-12(6-4-11)13(14)15/h3-6,9-10,16H,7-8H2,1-2H3. The minimum absolute atomic E-state index is 0.0290. The number of hydrogen-bond donors (Lipinski definition) is 1. The summed E-state index contributed by atoms with van der Waals surface area (Å²) in [4.78, 5) is 20.5. The van der Waals surface area contributed by atoms with Gasteiger partial charge < -0.3 is 13.9 Å². The lowest BCUT2D eigenvalue weighted by molar-refractivity contribution is -0.384. The van der Waals surface area contributed by atoms with Crippen molar-refractivity contribution < 1.29 is 18.9 Å². The Hall–Kier alpha value is -1.07. The van der Waals surface area contributed by atoms with E-state index in [-0.39, 0.29) is 24.1 Å². The molecule has 1 fully saturated rings. The van der Waals surface area contributed by atoms with Crippen molar-refractivity contribution in [3.05, 3.63) is 39.9 Å². The van der Waals surface area contributed by atoms with E-state index in [0.717, 1.165) is 12.0 Å². The van der Waals surface area contributed by atoms with Gasteiger partial charge in [-0.05, 0) is 19.4 Å². The second kappa shape index (κ2) is 5.51. The minimum atomic E-state index is -2.91. The second-order valence-corrected chi connectivity index (χ2v) is 6.80. The molecule has 1 aliphatic heterocycles. The predicted molar refractivity (Wildman–Crippen MR) is 71.7 cm³/mol. The molecule has 1 aliphatic rings. The molecule has 0 amide bonds. The topological polar surface area (TPSA) is 81.8 Å². The SMILES string of the molecule is CC1CC(C)O[P](O)(Cc2ccc([N+](=O)[O-])cc2)O1. The molecule has 2 unspecified atom stereocenters. The van der Waals surface area contributed by atoms with Crippen molar-refractivity contribution in [2.75, 3.05) is 0 Å². The molecule has 1 heterocycles. The van der Waals surface area contributed by atoms with Gasteiger partial charge in [-0.15, -0.1) is 0 Å². The molecule has 7 heteroatoms. The minimum Gasteiger partial charge on any atom is -0.335 e. The molecule has 1 saturated heterocycles. The Morgan fingerprint density at radius 1 is 1.32 bits per heavy atom. The van der Waals surface area contributed by atoms with Crippen LogP contribution in [0.2, 0.25) is 0 Å². The summed E-state index contributed by atoms with van der Waals surface area (Å²) in [6.07, 6.45) is 0.919. The zero-order valence-electron chi connectivity index (χ0n) is 10.9. The summed E-state index contributed by atoms with van der Waals surface area (Å²) >= 11 is 0. The van der Waals surface area contributed by atoms with E-state index < -0.39 is 12.9 Å². The van der Waals surface area contributed by atoms with Crippen molar-refractivity contribution in [3.8, 4) is 0 Å². The quantitative estimate of drug-likeness (QED) is 0.524. The maximum Gasteiger partial charge on any atom is 0.269 e. The Morgan fingerprint density at radius 2 is 1.84 bits per heavy atom. The molecular weight excluding hydrogens is 269 g/mol. The lowest BCUT2D eigenvalue weighted by Gasteiger charge is -2.39. The summed E-state index contributed by atoms with van der Waals surface area (Å²) in [6, 6.07) is 6.07. The highest BCUT2D eigenvalue weighted by atomic mass is 31.2. The smallest absolute Gasteiger partial charge is 0.269 e. The van der Waals surface area contributed by atoms with Gasteiger partial charge in [0.25, 0.3) is 5.69 Å². The van der Waals surface area contributed by atoms with Crippen molar-refractivity contribution in [1.82, 2.24) is 0 Å². The largest absolute Gasteiger partial charge is 0.335 e. The lowest BCUT2D eigenvalue weighted by atomic mass is 10.2. The number of nitro benzene ring substituents is 1. The number of nitro groups is 1. The van der Waals surface area contributed by atoms with Crippen LogP contribution in [0.1, 0.15) is 25.8 Å². The molecule has 1 aromatic carbocycles. The molecule has 1 N–H and O–H groups in total. The van der Waals surface area contributed by atoms with E-state index in [1.165, 1.54) is 12.1 Å². The zero-order chi connectivity index (χ0) is 14.0. The summed E-state index contributed by atoms with van der Waals surface area (Å²) in [5.74, 6) is 0. The maximum atomic E-state index is 10.6. The van der Waals surface area contributed by atoms with Crippen LogP contribution in [0.15, 0.2) is 24.3 Å². The predicted octanol–water partition coefficient (Wildman–Crippen LogP) is 3.06. The Morgan fingerprint density at radius 3 is 2.32 bits per heavy atom. The van der Waals surface area contributed by atoms with Crippen LogP contribution >= 0.6 is 7.94 Å². The molecule has 6 nitrogen and oxygen atoms in total. The van der Waals surface area contributed by atoms with Crippen molar-refractivity contribution >= 4 is 13.6 Å².